The van der Waals surface area contributed by atoms with E-state index in [-0.39, 0.29) is 48.2 Å². The average molecular weight is 479 g/mol. The summed E-state index contributed by atoms with van der Waals surface area (Å²) in [5.41, 5.74) is 0. The van der Waals surface area contributed by atoms with Gasteiger partial charge in [-0.3, -0.25) is 14.4 Å². The van der Waals surface area contributed by atoms with Crippen molar-refractivity contribution in [1.82, 2.24) is 9.80 Å². The number of carbonyl (C=O) groups excluding carboxylic acids is 3. The molecule has 0 aromatic rings. The Kier molecular flexibility index (Phi) is 7.99. The van der Waals surface area contributed by atoms with E-state index in [2.05, 4.69) is 20.1 Å². The molecular weight excluding hydrogens is 440 g/mol. The van der Waals surface area contributed by atoms with E-state index in [1.165, 1.54) is 0 Å². The Morgan fingerprint density at radius 3 is 2.61 bits per heavy atom. The molecular formula is C25H38N2O5S. The molecule has 3 saturated heterocycles. The topological polar surface area (TPSA) is 87.1 Å². The third kappa shape index (κ3) is 4.03. The minimum absolute atomic E-state index is 0.0521. The summed E-state index contributed by atoms with van der Waals surface area (Å²) >= 11 is 1.62. The quantitative estimate of drug-likeness (QED) is 0.279. The van der Waals surface area contributed by atoms with Crippen LogP contribution in [0.2, 0.25) is 0 Å². The summed E-state index contributed by atoms with van der Waals surface area (Å²) in [6.45, 7) is 15.7. The van der Waals surface area contributed by atoms with Crippen LogP contribution in [0.15, 0.2) is 25.3 Å². The molecule has 3 aliphatic rings. The van der Waals surface area contributed by atoms with E-state index in [1.54, 1.807) is 33.7 Å². The standard InChI is InChI=1S/C25H38N2O5S/c1-7-10-12-32-24(31)19-18-13-16(6)25(33-18)20(19)22(29)27(17(9-3)14-28)21(25)23(30)26(11-8-2)15(4)5/h7-8,15-21,28H,1-2,9-14H2,3-6H3/t16?,17-,18+,19-,20-,21?,25?/m0/s1. The Bertz CT molecular complexity index is 798. The van der Waals surface area contributed by atoms with Crippen molar-refractivity contribution in [3.05, 3.63) is 25.3 Å². The number of hydrogen-bond donors (Lipinski definition) is 1. The predicted octanol–water partition coefficient (Wildman–Crippen LogP) is 2.64. The van der Waals surface area contributed by atoms with Gasteiger partial charge in [0.2, 0.25) is 11.8 Å². The summed E-state index contributed by atoms with van der Waals surface area (Å²) in [5, 5.41) is 10.1. The number of amides is 2. The molecule has 2 bridgehead atoms. The summed E-state index contributed by atoms with van der Waals surface area (Å²) in [4.78, 5) is 44.6. The molecule has 3 unspecified atom stereocenters. The first-order valence-electron chi connectivity index (χ1n) is 12.0. The van der Waals surface area contributed by atoms with Crippen LogP contribution >= 0.6 is 11.8 Å². The zero-order valence-corrected chi connectivity index (χ0v) is 21.1. The number of aliphatic hydroxyl groups excluding tert-OH is 1. The lowest BCUT2D eigenvalue weighted by atomic mass is 9.66. The highest BCUT2D eigenvalue weighted by Gasteiger charge is 2.77. The van der Waals surface area contributed by atoms with E-state index in [0.717, 1.165) is 6.42 Å². The smallest absolute Gasteiger partial charge is 0.310 e. The largest absolute Gasteiger partial charge is 0.465 e. The number of thioether (sulfide) groups is 1. The van der Waals surface area contributed by atoms with Crippen LogP contribution in [-0.4, -0.2) is 80.6 Å². The molecule has 3 rings (SSSR count). The molecule has 0 aromatic carbocycles. The second-order valence-corrected chi connectivity index (χ2v) is 11.2. The summed E-state index contributed by atoms with van der Waals surface area (Å²) in [6, 6.07) is -1.28. The fraction of sp³-hybridized carbons (Fsp3) is 0.720. The highest BCUT2D eigenvalue weighted by molar-refractivity contribution is 8.02. The van der Waals surface area contributed by atoms with Gasteiger partial charge in [-0.15, -0.1) is 24.9 Å². The van der Waals surface area contributed by atoms with E-state index in [9.17, 15) is 19.5 Å². The Balaban J connectivity index is 2.08. The molecule has 0 saturated carbocycles. The third-order valence-electron chi connectivity index (χ3n) is 7.56. The number of nitrogens with zero attached hydrogens (tertiary/aromatic N) is 2. The van der Waals surface area contributed by atoms with Gasteiger partial charge in [-0.1, -0.05) is 26.0 Å². The maximum absolute atomic E-state index is 14.1. The first-order valence-corrected chi connectivity index (χ1v) is 12.9. The number of carbonyl (C=O) groups is 3. The summed E-state index contributed by atoms with van der Waals surface area (Å²) in [5.74, 6) is -1.83. The fourth-order valence-electron chi connectivity index (χ4n) is 6.00. The molecule has 184 valence electrons. The van der Waals surface area contributed by atoms with Crippen molar-refractivity contribution in [2.75, 3.05) is 19.8 Å². The highest BCUT2D eigenvalue weighted by Crippen LogP contribution is 2.69. The number of aliphatic hydroxyl groups is 1. The summed E-state index contributed by atoms with van der Waals surface area (Å²) in [6.07, 6.45) is 5.22. The van der Waals surface area contributed by atoms with Crippen LogP contribution in [0, 0.1) is 17.8 Å². The van der Waals surface area contributed by atoms with Gasteiger partial charge in [-0.2, -0.15) is 0 Å². The molecule has 3 fully saturated rings. The van der Waals surface area contributed by atoms with E-state index < -0.39 is 28.7 Å². The molecule has 2 amide bonds. The van der Waals surface area contributed by atoms with Gasteiger partial charge in [0.25, 0.3) is 0 Å². The molecule has 33 heavy (non-hydrogen) atoms. The van der Waals surface area contributed by atoms with Gasteiger partial charge in [-0.05, 0) is 39.0 Å². The molecule has 7 nitrogen and oxygen atoms in total. The van der Waals surface area contributed by atoms with Crippen LogP contribution in [0.1, 0.15) is 47.0 Å². The lowest BCUT2D eigenvalue weighted by Crippen LogP contribution is -2.60. The molecule has 8 heteroatoms. The second kappa shape index (κ2) is 10.2. The van der Waals surface area contributed by atoms with Crippen LogP contribution in [0.5, 0.6) is 0 Å². The minimum Gasteiger partial charge on any atom is -0.465 e. The SMILES string of the molecule is C=CCCOC(=O)[C@@H]1[C@H]2C(=O)N([C@@H](CC)CO)C(C(=O)N(CC=C)C(C)C)C23S[C@@H]1CC3C. The number of hydrogen-bond acceptors (Lipinski definition) is 6. The van der Waals surface area contributed by atoms with E-state index in [4.69, 9.17) is 4.74 Å². The van der Waals surface area contributed by atoms with E-state index >= 15 is 0 Å². The normalized spacial score (nSPS) is 33.2. The molecule has 7 atom stereocenters. The number of fused-ring (bicyclic) bond motifs is 1. The van der Waals surface area contributed by atoms with Gasteiger partial charge in [0.05, 0.1) is 35.8 Å². The van der Waals surface area contributed by atoms with Crippen LogP contribution in [-0.2, 0) is 19.1 Å². The maximum atomic E-state index is 14.1. The van der Waals surface area contributed by atoms with E-state index in [1.807, 2.05) is 20.8 Å². The second-order valence-electron chi connectivity index (χ2n) is 9.66. The van der Waals surface area contributed by atoms with Crippen molar-refractivity contribution < 1.29 is 24.2 Å². The number of likely N-dealkylation sites (tertiary alicyclic amines) is 1. The minimum atomic E-state index is -0.731. The van der Waals surface area contributed by atoms with Crippen molar-refractivity contribution in [2.24, 2.45) is 17.8 Å². The van der Waals surface area contributed by atoms with Crippen molar-refractivity contribution in [1.29, 1.82) is 0 Å². The van der Waals surface area contributed by atoms with Gasteiger partial charge in [0, 0.05) is 17.8 Å². The zero-order valence-electron chi connectivity index (χ0n) is 20.2. The number of esters is 1. The van der Waals surface area contributed by atoms with Crippen molar-refractivity contribution in [2.45, 2.75) is 75.1 Å². The fourth-order valence-corrected chi connectivity index (χ4v) is 8.39. The molecule has 0 radical (unpaired) electrons. The van der Waals surface area contributed by atoms with Gasteiger partial charge < -0.3 is 19.6 Å². The van der Waals surface area contributed by atoms with Crippen molar-refractivity contribution >= 4 is 29.5 Å². The predicted molar refractivity (Wildman–Crippen MR) is 129 cm³/mol. The lowest BCUT2D eigenvalue weighted by Gasteiger charge is -2.42. The first-order chi connectivity index (χ1) is 15.7. The van der Waals surface area contributed by atoms with Crippen LogP contribution < -0.4 is 0 Å². The van der Waals surface area contributed by atoms with E-state index in [0.29, 0.717) is 19.4 Å². The molecule has 1 N–H and O–H groups in total. The molecule has 1 spiro atoms. The number of ether oxygens (including phenoxy) is 1. The third-order valence-corrected chi connectivity index (χ3v) is 9.64. The average Bonchev–Trinajstić information content (AvgIpc) is 3.37. The van der Waals surface area contributed by atoms with Crippen LogP contribution in [0.25, 0.3) is 0 Å². The zero-order chi connectivity index (χ0) is 24.5. The van der Waals surface area contributed by atoms with Gasteiger partial charge in [0.15, 0.2) is 0 Å². The molecule has 3 aliphatic heterocycles. The van der Waals surface area contributed by atoms with Crippen molar-refractivity contribution in [3.63, 3.8) is 0 Å². The van der Waals surface area contributed by atoms with Crippen LogP contribution in [0.4, 0.5) is 0 Å². The Morgan fingerprint density at radius 2 is 2.06 bits per heavy atom. The van der Waals surface area contributed by atoms with Crippen molar-refractivity contribution in [3.8, 4) is 0 Å². The Hall–Kier alpha value is -1.80. The van der Waals surface area contributed by atoms with Gasteiger partial charge >= 0.3 is 5.97 Å². The lowest BCUT2D eigenvalue weighted by molar-refractivity contribution is -0.155. The number of rotatable bonds is 11. The highest BCUT2D eigenvalue weighted by atomic mass is 32.2. The summed E-state index contributed by atoms with van der Waals surface area (Å²) in [7, 11) is 0. The first kappa shape index (κ1) is 25.8. The summed E-state index contributed by atoms with van der Waals surface area (Å²) < 4.78 is 4.81. The van der Waals surface area contributed by atoms with Gasteiger partial charge in [0.1, 0.15) is 6.04 Å². The maximum Gasteiger partial charge on any atom is 0.310 e. The monoisotopic (exact) mass is 478 g/mol. The Labute approximate surface area is 201 Å². The van der Waals surface area contributed by atoms with Crippen LogP contribution in [0.3, 0.4) is 0 Å². The molecule has 0 aromatic heterocycles. The molecule has 0 aliphatic carbocycles. The Morgan fingerprint density at radius 1 is 1.36 bits per heavy atom. The van der Waals surface area contributed by atoms with Gasteiger partial charge in [-0.25, -0.2) is 0 Å². The molecule has 3 heterocycles.